The molecule has 1 aliphatic rings. The summed E-state index contributed by atoms with van der Waals surface area (Å²) in [5.41, 5.74) is 0. The van der Waals surface area contributed by atoms with Crippen LogP contribution in [0.25, 0.3) is 0 Å². The summed E-state index contributed by atoms with van der Waals surface area (Å²) in [5.74, 6) is 0.947. The molecule has 1 aromatic heterocycles. The molecule has 4 heteroatoms. The summed E-state index contributed by atoms with van der Waals surface area (Å²) in [5, 5.41) is 6.68. The Morgan fingerprint density at radius 3 is 3.15 bits per heavy atom. The maximum atomic E-state index is 4.31. The van der Waals surface area contributed by atoms with E-state index in [1.807, 2.05) is 18.2 Å². The van der Waals surface area contributed by atoms with Crippen molar-refractivity contribution in [2.45, 2.75) is 12.5 Å². The minimum absolute atomic E-state index is 0.529. The Morgan fingerprint density at radius 1 is 1.54 bits per heavy atom. The van der Waals surface area contributed by atoms with E-state index in [4.69, 9.17) is 0 Å². The van der Waals surface area contributed by atoms with Crippen molar-refractivity contribution in [1.29, 1.82) is 0 Å². The molecule has 0 bridgehead atoms. The average Bonchev–Trinajstić information content (AvgIpc) is 2.57. The van der Waals surface area contributed by atoms with Crippen molar-refractivity contribution in [2.24, 2.45) is 0 Å². The minimum Gasteiger partial charge on any atom is -0.366 e. The van der Waals surface area contributed by atoms with Crippen LogP contribution in [0.2, 0.25) is 0 Å². The smallest absolute Gasteiger partial charge is 0.127 e. The quantitative estimate of drug-likeness (QED) is 0.774. The van der Waals surface area contributed by atoms with Crippen molar-refractivity contribution in [3.63, 3.8) is 0 Å². The summed E-state index contributed by atoms with van der Waals surface area (Å²) in [6.07, 6.45) is 1.17. The van der Waals surface area contributed by atoms with Gasteiger partial charge in [0.25, 0.3) is 0 Å². The van der Waals surface area contributed by atoms with Gasteiger partial charge in [-0.2, -0.15) is 0 Å². The van der Waals surface area contributed by atoms with E-state index in [2.05, 4.69) is 31.5 Å². The lowest BCUT2D eigenvalue weighted by molar-refractivity contribution is 0.787. The van der Waals surface area contributed by atoms with E-state index in [0.29, 0.717) is 6.04 Å². The van der Waals surface area contributed by atoms with E-state index in [1.54, 1.807) is 0 Å². The van der Waals surface area contributed by atoms with Crippen LogP contribution < -0.4 is 10.6 Å². The van der Waals surface area contributed by atoms with Gasteiger partial charge in [0, 0.05) is 12.6 Å². The molecule has 2 N–H and O–H groups in total. The SMILES string of the molecule is Brc1cccc(N[C@@H]2CCNC2)n1. The summed E-state index contributed by atoms with van der Waals surface area (Å²) in [6.45, 7) is 2.14. The third kappa shape index (κ3) is 2.42. The summed E-state index contributed by atoms with van der Waals surface area (Å²) < 4.78 is 0.878. The number of hydrogen-bond acceptors (Lipinski definition) is 3. The predicted molar refractivity (Wildman–Crippen MR) is 56.8 cm³/mol. The number of halogens is 1. The third-order valence-electron chi connectivity index (χ3n) is 2.13. The molecule has 0 aliphatic carbocycles. The fourth-order valence-corrected chi connectivity index (χ4v) is 1.82. The lowest BCUT2D eigenvalue weighted by atomic mass is 10.2. The topological polar surface area (TPSA) is 37.0 Å². The maximum Gasteiger partial charge on any atom is 0.127 e. The minimum atomic E-state index is 0.529. The van der Waals surface area contributed by atoms with Crippen molar-refractivity contribution in [2.75, 3.05) is 18.4 Å². The fourth-order valence-electron chi connectivity index (χ4n) is 1.48. The van der Waals surface area contributed by atoms with Gasteiger partial charge in [0.2, 0.25) is 0 Å². The summed E-state index contributed by atoms with van der Waals surface area (Å²) in [4.78, 5) is 4.31. The van der Waals surface area contributed by atoms with Crippen LogP contribution in [0.4, 0.5) is 5.82 Å². The Kier molecular flexibility index (Phi) is 2.80. The normalized spacial score (nSPS) is 21.8. The van der Waals surface area contributed by atoms with Gasteiger partial charge in [0.05, 0.1) is 0 Å². The molecule has 1 aliphatic heterocycles. The van der Waals surface area contributed by atoms with Gasteiger partial charge in [-0.15, -0.1) is 0 Å². The highest BCUT2D eigenvalue weighted by Crippen LogP contribution is 2.12. The second kappa shape index (κ2) is 4.07. The highest BCUT2D eigenvalue weighted by atomic mass is 79.9. The summed E-state index contributed by atoms with van der Waals surface area (Å²) in [7, 11) is 0. The first-order valence-electron chi connectivity index (χ1n) is 4.44. The van der Waals surface area contributed by atoms with E-state index in [1.165, 1.54) is 6.42 Å². The van der Waals surface area contributed by atoms with E-state index >= 15 is 0 Å². The van der Waals surface area contributed by atoms with Crippen LogP contribution in [0.3, 0.4) is 0 Å². The maximum absolute atomic E-state index is 4.31. The Balaban J connectivity index is 2.00. The number of nitrogens with zero attached hydrogens (tertiary/aromatic N) is 1. The molecule has 2 rings (SSSR count). The number of anilines is 1. The molecule has 1 fully saturated rings. The van der Waals surface area contributed by atoms with E-state index in [-0.39, 0.29) is 0 Å². The number of pyridine rings is 1. The molecule has 0 saturated carbocycles. The van der Waals surface area contributed by atoms with Crippen molar-refractivity contribution in [1.82, 2.24) is 10.3 Å². The van der Waals surface area contributed by atoms with Gasteiger partial charge in [0.1, 0.15) is 10.4 Å². The standard InChI is InChI=1S/C9H12BrN3/c10-8-2-1-3-9(13-8)12-7-4-5-11-6-7/h1-3,7,11H,4-6H2,(H,12,13)/t7-/m1/s1. The van der Waals surface area contributed by atoms with Crippen LogP contribution in [-0.2, 0) is 0 Å². The van der Waals surface area contributed by atoms with Gasteiger partial charge in [-0.05, 0) is 41.0 Å². The molecule has 0 spiro atoms. The molecule has 2 heterocycles. The van der Waals surface area contributed by atoms with Gasteiger partial charge in [-0.25, -0.2) is 4.98 Å². The first-order valence-corrected chi connectivity index (χ1v) is 5.24. The number of hydrogen-bond donors (Lipinski definition) is 2. The molecular weight excluding hydrogens is 230 g/mol. The molecule has 1 atom stereocenters. The molecule has 0 unspecified atom stereocenters. The van der Waals surface area contributed by atoms with Crippen molar-refractivity contribution < 1.29 is 0 Å². The largest absolute Gasteiger partial charge is 0.366 e. The van der Waals surface area contributed by atoms with Gasteiger partial charge in [0.15, 0.2) is 0 Å². The lowest BCUT2D eigenvalue weighted by Crippen LogP contribution is -2.22. The molecule has 13 heavy (non-hydrogen) atoms. The van der Waals surface area contributed by atoms with E-state index < -0.39 is 0 Å². The Hall–Kier alpha value is -0.610. The zero-order chi connectivity index (χ0) is 9.10. The van der Waals surface area contributed by atoms with Crippen molar-refractivity contribution in [3.05, 3.63) is 22.8 Å². The van der Waals surface area contributed by atoms with Crippen LogP contribution in [0, 0.1) is 0 Å². The highest BCUT2D eigenvalue weighted by Gasteiger charge is 2.13. The van der Waals surface area contributed by atoms with Crippen LogP contribution in [0.1, 0.15) is 6.42 Å². The number of nitrogens with one attached hydrogen (secondary N) is 2. The first kappa shape index (κ1) is 8.97. The Bertz CT molecular complexity index is 284. The highest BCUT2D eigenvalue weighted by molar-refractivity contribution is 9.10. The zero-order valence-corrected chi connectivity index (χ0v) is 8.84. The number of aromatic nitrogens is 1. The van der Waals surface area contributed by atoms with Gasteiger partial charge in [-0.3, -0.25) is 0 Å². The molecule has 1 aromatic rings. The van der Waals surface area contributed by atoms with Crippen LogP contribution in [0.15, 0.2) is 22.8 Å². The third-order valence-corrected chi connectivity index (χ3v) is 2.57. The summed E-state index contributed by atoms with van der Waals surface area (Å²) >= 11 is 3.34. The Labute approximate surface area is 86.1 Å². The predicted octanol–water partition coefficient (Wildman–Crippen LogP) is 1.62. The van der Waals surface area contributed by atoms with Crippen LogP contribution in [-0.4, -0.2) is 24.1 Å². The molecule has 0 aromatic carbocycles. The second-order valence-electron chi connectivity index (χ2n) is 3.18. The average molecular weight is 242 g/mol. The second-order valence-corrected chi connectivity index (χ2v) is 3.99. The van der Waals surface area contributed by atoms with Gasteiger partial charge >= 0.3 is 0 Å². The van der Waals surface area contributed by atoms with E-state index in [0.717, 1.165) is 23.5 Å². The number of rotatable bonds is 2. The molecule has 0 radical (unpaired) electrons. The summed E-state index contributed by atoms with van der Waals surface area (Å²) in [6, 6.07) is 6.44. The fraction of sp³-hybridized carbons (Fsp3) is 0.444. The van der Waals surface area contributed by atoms with Crippen molar-refractivity contribution in [3.8, 4) is 0 Å². The molecule has 1 saturated heterocycles. The molecule has 3 nitrogen and oxygen atoms in total. The Morgan fingerprint density at radius 2 is 2.46 bits per heavy atom. The first-order chi connectivity index (χ1) is 6.34. The van der Waals surface area contributed by atoms with Crippen molar-refractivity contribution >= 4 is 21.7 Å². The molecule has 0 amide bonds. The van der Waals surface area contributed by atoms with Gasteiger partial charge in [-0.1, -0.05) is 6.07 Å². The van der Waals surface area contributed by atoms with Gasteiger partial charge < -0.3 is 10.6 Å². The lowest BCUT2D eigenvalue weighted by Gasteiger charge is -2.11. The van der Waals surface area contributed by atoms with Crippen LogP contribution in [0.5, 0.6) is 0 Å². The molecule has 70 valence electrons. The van der Waals surface area contributed by atoms with E-state index in [9.17, 15) is 0 Å². The zero-order valence-electron chi connectivity index (χ0n) is 7.26. The monoisotopic (exact) mass is 241 g/mol. The van der Waals surface area contributed by atoms with Crippen LogP contribution >= 0.6 is 15.9 Å². The molecular formula is C9H12BrN3.